The molecule has 21 heavy (non-hydrogen) atoms. The largest absolute Gasteiger partial charge is 0.330 e. The highest BCUT2D eigenvalue weighted by atomic mass is 32.2. The van der Waals surface area contributed by atoms with E-state index in [4.69, 9.17) is 5.73 Å². The highest BCUT2D eigenvalue weighted by Crippen LogP contribution is 2.26. The van der Waals surface area contributed by atoms with Crippen LogP contribution < -0.4 is 5.73 Å². The average Bonchev–Trinajstić information content (AvgIpc) is 2.53. The molecule has 1 unspecified atom stereocenters. The van der Waals surface area contributed by atoms with Crippen molar-refractivity contribution >= 4 is 21.8 Å². The van der Waals surface area contributed by atoms with Gasteiger partial charge in [-0.15, -0.1) is 0 Å². The molecule has 0 amide bonds. The molecule has 1 aromatic rings. The zero-order valence-corrected chi connectivity index (χ0v) is 14.1. The Hall–Kier alpha value is -0.560. The molecule has 1 saturated heterocycles. The molecule has 1 fully saturated rings. The number of sulfonamides is 1. The second kappa shape index (κ2) is 7.63. The van der Waals surface area contributed by atoms with Crippen molar-refractivity contribution in [3.63, 3.8) is 0 Å². The Morgan fingerprint density at radius 3 is 2.67 bits per heavy atom. The van der Waals surface area contributed by atoms with Gasteiger partial charge in [0.25, 0.3) is 0 Å². The fourth-order valence-corrected chi connectivity index (χ4v) is 5.32. The number of nitrogens with two attached hydrogens (primary N) is 1. The van der Waals surface area contributed by atoms with Gasteiger partial charge in [-0.2, -0.15) is 16.1 Å². The molecule has 0 aromatic heterocycles. The zero-order valence-electron chi connectivity index (χ0n) is 12.5. The molecular formula is C15H24N2O2S2. The second-order valence-electron chi connectivity index (χ2n) is 5.30. The van der Waals surface area contributed by atoms with Gasteiger partial charge in [0.15, 0.2) is 0 Å². The number of rotatable bonds is 6. The summed E-state index contributed by atoms with van der Waals surface area (Å²) in [5.41, 5.74) is 6.63. The van der Waals surface area contributed by atoms with Crippen molar-refractivity contribution in [3.05, 3.63) is 29.8 Å². The van der Waals surface area contributed by atoms with Crippen molar-refractivity contribution < 1.29 is 8.42 Å². The number of aryl methyl sites for hydroxylation is 1. The first-order valence-electron chi connectivity index (χ1n) is 7.48. The Balaban J connectivity index is 2.11. The van der Waals surface area contributed by atoms with E-state index in [1.54, 1.807) is 16.4 Å². The van der Waals surface area contributed by atoms with Crippen molar-refractivity contribution in [1.29, 1.82) is 0 Å². The van der Waals surface area contributed by atoms with Crippen molar-refractivity contribution in [1.82, 2.24) is 4.31 Å². The average molecular weight is 329 g/mol. The SMILES string of the molecule is CCC1CN(S(=O)(=O)c2ccc(CCCN)cc2)CCS1. The van der Waals surface area contributed by atoms with Crippen LogP contribution >= 0.6 is 11.8 Å². The molecule has 0 radical (unpaired) electrons. The molecule has 0 spiro atoms. The minimum Gasteiger partial charge on any atom is -0.330 e. The molecule has 1 heterocycles. The van der Waals surface area contributed by atoms with Crippen LogP contribution in [-0.4, -0.2) is 43.4 Å². The Labute approximate surface area is 132 Å². The lowest BCUT2D eigenvalue weighted by Gasteiger charge is -2.31. The van der Waals surface area contributed by atoms with Crippen LogP contribution in [0.15, 0.2) is 29.2 Å². The van der Waals surface area contributed by atoms with Crippen LogP contribution in [0.3, 0.4) is 0 Å². The third-order valence-electron chi connectivity index (χ3n) is 3.79. The first kappa shape index (κ1) is 16.8. The lowest BCUT2D eigenvalue weighted by atomic mass is 10.1. The van der Waals surface area contributed by atoms with Gasteiger partial charge in [-0.3, -0.25) is 0 Å². The maximum Gasteiger partial charge on any atom is 0.243 e. The van der Waals surface area contributed by atoms with Crippen LogP contribution in [0.2, 0.25) is 0 Å². The summed E-state index contributed by atoms with van der Waals surface area (Å²) < 4.78 is 27.0. The maximum absolute atomic E-state index is 12.7. The van der Waals surface area contributed by atoms with Crippen molar-refractivity contribution in [3.8, 4) is 0 Å². The number of benzene rings is 1. The lowest BCUT2D eigenvalue weighted by molar-refractivity contribution is 0.416. The molecule has 118 valence electrons. The van der Waals surface area contributed by atoms with Crippen molar-refractivity contribution in [2.45, 2.75) is 36.3 Å². The van der Waals surface area contributed by atoms with Crippen LogP contribution in [0.1, 0.15) is 25.3 Å². The second-order valence-corrected chi connectivity index (χ2v) is 8.65. The summed E-state index contributed by atoms with van der Waals surface area (Å²) in [4.78, 5) is 0.403. The maximum atomic E-state index is 12.7. The van der Waals surface area contributed by atoms with E-state index in [2.05, 4.69) is 6.92 Å². The fourth-order valence-electron chi connectivity index (χ4n) is 2.44. The van der Waals surface area contributed by atoms with Crippen LogP contribution in [0, 0.1) is 0 Å². The number of nitrogens with zero attached hydrogens (tertiary/aromatic N) is 1. The molecule has 0 aliphatic carbocycles. The Bertz CT molecular complexity index is 543. The van der Waals surface area contributed by atoms with Crippen LogP contribution in [0.25, 0.3) is 0 Å². The molecule has 1 aromatic carbocycles. The molecule has 0 saturated carbocycles. The Morgan fingerprint density at radius 1 is 1.33 bits per heavy atom. The van der Waals surface area contributed by atoms with E-state index in [-0.39, 0.29) is 0 Å². The Kier molecular flexibility index (Phi) is 6.10. The monoisotopic (exact) mass is 328 g/mol. The van der Waals surface area contributed by atoms with Gasteiger partial charge >= 0.3 is 0 Å². The summed E-state index contributed by atoms with van der Waals surface area (Å²) in [6.07, 6.45) is 2.83. The predicted molar refractivity (Wildman–Crippen MR) is 89.1 cm³/mol. The molecular weight excluding hydrogens is 304 g/mol. The molecule has 4 nitrogen and oxygen atoms in total. The van der Waals surface area contributed by atoms with Gasteiger partial charge in [0, 0.05) is 24.1 Å². The Morgan fingerprint density at radius 2 is 2.05 bits per heavy atom. The third-order valence-corrected chi connectivity index (χ3v) is 7.04. The third kappa shape index (κ3) is 4.22. The topological polar surface area (TPSA) is 63.4 Å². The summed E-state index contributed by atoms with van der Waals surface area (Å²) in [5, 5.41) is 0.414. The van der Waals surface area contributed by atoms with Crippen molar-refractivity contribution in [2.24, 2.45) is 5.73 Å². The van der Waals surface area contributed by atoms with Crippen LogP contribution in [-0.2, 0) is 16.4 Å². The fraction of sp³-hybridized carbons (Fsp3) is 0.600. The molecule has 1 aliphatic rings. The molecule has 0 bridgehead atoms. The molecule has 1 atom stereocenters. The molecule has 2 N–H and O–H groups in total. The van der Waals surface area contributed by atoms with Gasteiger partial charge in [0.1, 0.15) is 0 Å². The molecule has 2 rings (SSSR count). The van der Waals surface area contributed by atoms with E-state index in [1.807, 2.05) is 23.9 Å². The standard InChI is InChI=1S/C15H24N2O2S2/c1-2-14-12-17(10-11-20-14)21(18,19)15-7-5-13(6-8-15)4-3-9-16/h5-8,14H,2-4,9-12,16H2,1H3. The van der Waals surface area contributed by atoms with E-state index >= 15 is 0 Å². The first-order valence-corrected chi connectivity index (χ1v) is 9.97. The van der Waals surface area contributed by atoms with E-state index < -0.39 is 10.0 Å². The number of hydrogen-bond acceptors (Lipinski definition) is 4. The predicted octanol–water partition coefficient (Wildman–Crippen LogP) is 2.09. The van der Waals surface area contributed by atoms with E-state index in [1.165, 1.54) is 0 Å². The quantitative estimate of drug-likeness (QED) is 0.868. The van der Waals surface area contributed by atoms with Gasteiger partial charge in [-0.25, -0.2) is 8.42 Å². The highest BCUT2D eigenvalue weighted by Gasteiger charge is 2.29. The van der Waals surface area contributed by atoms with Crippen LogP contribution in [0.5, 0.6) is 0 Å². The van der Waals surface area contributed by atoms with E-state index in [0.717, 1.165) is 30.6 Å². The van der Waals surface area contributed by atoms with Gasteiger partial charge in [0.05, 0.1) is 4.90 Å². The summed E-state index contributed by atoms with van der Waals surface area (Å²) in [5.74, 6) is 0.881. The summed E-state index contributed by atoms with van der Waals surface area (Å²) in [7, 11) is -3.35. The molecule has 6 heteroatoms. The van der Waals surface area contributed by atoms with E-state index in [0.29, 0.717) is 29.8 Å². The van der Waals surface area contributed by atoms with Gasteiger partial charge in [0.2, 0.25) is 10.0 Å². The van der Waals surface area contributed by atoms with Crippen molar-refractivity contribution in [2.75, 3.05) is 25.4 Å². The molecule has 1 aliphatic heterocycles. The van der Waals surface area contributed by atoms with E-state index in [9.17, 15) is 8.42 Å². The summed E-state index contributed by atoms with van der Waals surface area (Å²) in [6, 6.07) is 7.25. The lowest BCUT2D eigenvalue weighted by Crippen LogP contribution is -2.41. The normalized spacial score (nSPS) is 20.6. The highest BCUT2D eigenvalue weighted by molar-refractivity contribution is 8.00. The van der Waals surface area contributed by atoms with Gasteiger partial charge in [-0.1, -0.05) is 19.1 Å². The first-order chi connectivity index (χ1) is 10.1. The summed E-state index contributed by atoms with van der Waals surface area (Å²) in [6.45, 7) is 4.00. The van der Waals surface area contributed by atoms with Crippen LogP contribution in [0.4, 0.5) is 0 Å². The number of hydrogen-bond donors (Lipinski definition) is 1. The van der Waals surface area contributed by atoms with Gasteiger partial charge < -0.3 is 5.73 Å². The minimum atomic E-state index is -3.35. The minimum absolute atomic E-state index is 0.403. The summed E-state index contributed by atoms with van der Waals surface area (Å²) >= 11 is 1.87. The smallest absolute Gasteiger partial charge is 0.243 e. The van der Waals surface area contributed by atoms with Gasteiger partial charge in [-0.05, 0) is 43.5 Å². The zero-order chi connectivity index (χ0) is 15.3. The number of thioether (sulfide) groups is 1.